The van der Waals surface area contributed by atoms with Crippen molar-refractivity contribution in [3.05, 3.63) is 0 Å². The van der Waals surface area contributed by atoms with E-state index in [0.717, 1.165) is 44.6 Å². The number of hydrogen-bond donors (Lipinski definition) is 1. The summed E-state index contributed by atoms with van der Waals surface area (Å²) in [5, 5.41) is 4.09. The van der Waals surface area contributed by atoms with Crippen LogP contribution >= 0.6 is 24.2 Å². The molecule has 2 unspecified atom stereocenters. The van der Waals surface area contributed by atoms with E-state index in [-0.39, 0.29) is 17.9 Å². The summed E-state index contributed by atoms with van der Waals surface area (Å²) in [6.45, 7) is 7.23. The molecule has 1 N–H and O–H groups in total. The second-order valence-electron chi connectivity index (χ2n) is 5.12. The largest absolute Gasteiger partial charge is 0.339 e. The van der Waals surface area contributed by atoms with E-state index in [1.165, 1.54) is 6.42 Å². The molecule has 18 heavy (non-hydrogen) atoms. The molecule has 2 heterocycles. The minimum atomic E-state index is -0.236. The molecule has 0 radical (unpaired) electrons. The van der Waals surface area contributed by atoms with Gasteiger partial charge in [-0.25, -0.2) is 0 Å². The first kappa shape index (κ1) is 16.1. The lowest BCUT2D eigenvalue weighted by atomic mass is 9.92. The Labute approximate surface area is 121 Å². The molecule has 0 saturated carbocycles. The second-order valence-corrected chi connectivity index (χ2v) is 6.53. The van der Waals surface area contributed by atoms with Gasteiger partial charge in [-0.3, -0.25) is 4.79 Å². The molecule has 1 amide bonds. The molecule has 2 atom stereocenters. The molecule has 0 aromatic carbocycles. The number of thioether (sulfide) groups is 1. The van der Waals surface area contributed by atoms with E-state index in [1.807, 2.05) is 11.8 Å². The number of halogens is 1. The van der Waals surface area contributed by atoms with Crippen LogP contribution in [0.25, 0.3) is 0 Å². The SMILES string of the molecule is CCC1CN(C(=O)C2(CC)CCCN2)CCS1.Cl. The van der Waals surface area contributed by atoms with Gasteiger partial charge in [0.2, 0.25) is 5.91 Å². The Kier molecular flexibility index (Phi) is 6.28. The number of nitrogens with zero attached hydrogens (tertiary/aromatic N) is 1. The second kappa shape index (κ2) is 7.01. The lowest BCUT2D eigenvalue weighted by Crippen LogP contribution is -2.57. The van der Waals surface area contributed by atoms with Crippen LogP contribution in [0.4, 0.5) is 0 Å². The van der Waals surface area contributed by atoms with Crippen LogP contribution < -0.4 is 5.32 Å². The van der Waals surface area contributed by atoms with Gasteiger partial charge >= 0.3 is 0 Å². The van der Waals surface area contributed by atoms with Crippen LogP contribution in [0.3, 0.4) is 0 Å². The molecule has 2 fully saturated rings. The van der Waals surface area contributed by atoms with Gasteiger partial charge < -0.3 is 10.2 Å². The summed E-state index contributed by atoms with van der Waals surface area (Å²) in [6, 6.07) is 0. The van der Waals surface area contributed by atoms with E-state index < -0.39 is 0 Å². The van der Waals surface area contributed by atoms with Gasteiger partial charge in [-0.1, -0.05) is 13.8 Å². The van der Waals surface area contributed by atoms with E-state index in [9.17, 15) is 4.79 Å². The molecule has 2 rings (SSSR count). The maximum Gasteiger partial charge on any atom is 0.242 e. The van der Waals surface area contributed by atoms with Gasteiger partial charge in [0.15, 0.2) is 0 Å². The molecule has 0 aromatic rings. The summed E-state index contributed by atoms with van der Waals surface area (Å²) in [5.74, 6) is 1.46. The van der Waals surface area contributed by atoms with Crippen LogP contribution in [0.15, 0.2) is 0 Å². The van der Waals surface area contributed by atoms with Crippen molar-refractivity contribution in [3.8, 4) is 0 Å². The van der Waals surface area contributed by atoms with Gasteiger partial charge in [0.05, 0.1) is 5.54 Å². The fraction of sp³-hybridized carbons (Fsp3) is 0.923. The minimum absolute atomic E-state index is 0. The lowest BCUT2D eigenvalue weighted by molar-refractivity contribution is -0.138. The van der Waals surface area contributed by atoms with E-state index in [2.05, 4.69) is 24.1 Å². The highest BCUT2D eigenvalue weighted by Crippen LogP contribution is 2.28. The topological polar surface area (TPSA) is 32.3 Å². The van der Waals surface area contributed by atoms with E-state index in [0.29, 0.717) is 11.2 Å². The third kappa shape index (κ3) is 3.14. The third-order valence-electron chi connectivity index (χ3n) is 4.14. The maximum absolute atomic E-state index is 12.7. The van der Waals surface area contributed by atoms with Gasteiger partial charge in [0, 0.05) is 24.1 Å². The summed E-state index contributed by atoms with van der Waals surface area (Å²) >= 11 is 2.02. The molecule has 5 heteroatoms. The normalized spacial score (nSPS) is 32.1. The number of rotatable bonds is 3. The molecule has 106 valence electrons. The van der Waals surface area contributed by atoms with Crippen molar-refractivity contribution in [2.75, 3.05) is 25.4 Å². The zero-order valence-electron chi connectivity index (χ0n) is 11.4. The van der Waals surface area contributed by atoms with Crippen LogP contribution in [-0.4, -0.2) is 47.0 Å². The number of nitrogens with one attached hydrogen (secondary N) is 1. The standard InChI is InChI=1S/C13H24N2OS.ClH/c1-3-11-10-15(8-9-17-11)12(16)13(4-2)6-5-7-14-13;/h11,14H,3-10H2,1-2H3;1H. The van der Waals surface area contributed by atoms with Gasteiger partial charge in [-0.15, -0.1) is 12.4 Å². The van der Waals surface area contributed by atoms with Crippen LogP contribution in [0.2, 0.25) is 0 Å². The Balaban J connectivity index is 0.00000162. The van der Waals surface area contributed by atoms with E-state index >= 15 is 0 Å². The first-order valence-corrected chi connectivity index (χ1v) is 7.92. The number of carbonyl (C=O) groups is 1. The highest BCUT2D eigenvalue weighted by atomic mass is 35.5. The van der Waals surface area contributed by atoms with Gasteiger partial charge in [0.25, 0.3) is 0 Å². The minimum Gasteiger partial charge on any atom is -0.339 e. The van der Waals surface area contributed by atoms with Crippen molar-refractivity contribution in [1.82, 2.24) is 10.2 Å². The number of hydrogen-bond acceptors (Lipinski definition) is 3. The Hall–Kier alpha value is 0.0700. The molecule has 0 spiro atoms. The summed E-state index contributed by atoms with van der Waals surface area (Å²) in [7, 11) is 0. The molecule has 2 saturated heterocycles. The summed E-state index contributed by atoms with van der Waals surface area (Å²) in [4.78, 5) is 14.8. The van der Waals surface area contributed by atoms with Crippen molar-refractivity contribution in [3.63, 3.8) is 0 Å². The fourth-order valence-electron chi connectivity index (χ4n) is 2.90. The quantitative estimate of drug-likeness (QED) is 0.866. The maximum atomic E-state index is 12.7. The predicted molar refractivity (Wildman–Crippen MR) is 80.6 cm³/mol. The van der Waals surface area contributed by atoms with Crippen molar-refractivity contribution in [2.45, 2.75) is 50.3 Å². The summed E-state index contributed by atoms with van der Waals surface area (Å²) < 4.78 is 0. The van der Waals surface area contributed by atoms with Crippen molar-refractivity contribution < 1.29 is 4.79 Å². The van der Waals surface area contributed by atoms with Crippen molar-refractivity contribution in [2.24, 2.45) is 0 Å². The van der Waals surface area contributed by atoms with Crippen molar-refractivity contribution in [1.29, 1.82) is 0 Å². The van der Waals surface area contributed by atoms with Crippen LogP contribution in [-0.2, 0) is 4.79 Å². The Morgan fingerprint density at radius 2 is 2.28 bits per heavy atom. The molecule has 2 aliphatic rings. The highest BCUT2D eigenvalue weighted by Gasteiger charge is 2.42. The molecular weight excluding hydrogens is 268 g/mol. The average molecular weight is 293 g/mol. The van der Waals surface area contributed by atoms with Gasteiger partial charge in [-0.05, 0) is 32.2 Å². The summed E-state index contributed by atoms with van der Waals surface area (Å²) in [6.07, 6.45) is 4.25. The first-order valence-electron chi connectivity index (χ1n) is 6.88. The number of carbonyl (C=O) groups excluding carboxylic acids is 1. The smallest absolute Gasteiger partial charge is 0.242 e. The Morgan fingerprint density at radius 1 is 1.50 bits per heavy atom. The van der Waals surface area contributed by atoms with Gasteiger partial charge in [0.1, 0.15) is 0 Å². The molecule has 0 aromatic heterocycles. The van der Waals surface area contributed by atoms with Crippen LogP contribution in [0, 0.1) is 0 Å². The first-order chi connectivity index (χ1) is 8.22. The zero-order valence-corrected chi connectivity index (χ0v) is 13.0. The van der Waals surface area contributed by atoms with Gasteiger partial charge in [-0.2, -0.15) is 11.8 Å². The zero-order chi connectivity index (χ0) is 12.3. The molecule has 3 nitrogen and oxygen atoms in total. The Bertz CT molecular complexity index is 282. The van der Waals surface area contributed by atoms with E-state index in [4.69, 9.17) is 0 Å². The molecule has 0 bridgehead atoms. The molecule has 0 aliphatic carbocycles. The van der Waals surface area contributed by atoms with E-state index in [1.54, 1.807) is 0 Å². The molecular formula is C13H25ClN2OS. The third-order valence-corrected chi connectivity index (χ3v) is 5.51. The number of amides is 1. The molecule has 2 aliphatic heterocycles. The fourth-order valence-corrected chi connectivity index (χ4v) is 4.08. The highest BCUT2D eigenvalue weighted by molar-refractivity contribution is 8.00. The summed E-state index contributed by atoms with van der Waals surface area (Å²) in [5.41, 5.74) is -0.236. The van der Waals surface area contributed by atoms with Crippen molar-refractivity contribution >= 4 is 30.1 Å². The average Bonchev–Trinajstić information content (AvgIpc) is 2.88. The lowest BCUT2D eigenvalue weighted by Gasteiger charge is -2.38. The predicted octanol–water partition coefficient (Wildman–Crippen LogP) is 2.29. The Morgan fingerprint density at radius 3 is 2.83 bits per heavy atom. The monoisotopic (exact) mass is 292 g/mol. The van der Waals surface area contributed by atoms with Crippen LogP contribution in [0.5, 0.6) is 0 Å². The van der Waals surface area contributed by atoms with Crippen LogP contribution in [0.1, 0.15) is 39.5 Å².